The van der Waals surface area contributed by atoms with Gasteiger partial charge in [0.25, 0.3) is 0 Å². The van der Waals surface area contributed by atoms with Crippen molar-refractivity contribution in [3.05, 3.63) is 82.9 Å². The van der Waals surface area contributed by atoms with E-state index in [4.69, 9.17) is 4.74 Å². The third kappa shape index (κ3) is 4.15. The Morgan fingerprint density at radius 2 is 1.70 bits per heavy atom. The first-order valence-electron chi connectivity index (χ1n) is 10.3. The lowest BCUT2D eigenvalue weighted by atomic mass is 9.84. The van der Waals surface area contributed by atoms with E-state index < -0.39 is 0 Å². The Balaban J connectivity index is 1.27. The molecule has 0 radical (unpaired) electrons. The molecule has 3 aromatic carbocycles. The molecule has 0 atom stereocenters. The summed E-state index contributed by atoms with van der Waals surface area (Å²) >= 11 is 2.85. The van der Waals surface area contributed by atoms with E-state index in [1.165, 1.54) is 23.1 Å². The maximum Gasteiger partial charge on any atom is 0.234 e. The van der Waals surface area contributed by atoms with Crippen molar-refractivity contribution in [3.8, 4) is 5.75 Å². The normalized spacial score (nSPS) is 12.4. The minimum Gasteiger partial charge on any atom is -0.494 e. The van der Waals surface area contributed by atoms with Gasteiger partial charge in [0.2, 0.25) is 5.91 Å². The van der Waals surface area contributed by atoms with Gasteiger partial charge < -0.3 is 10.1 Å². The second kappa shape index (κ2) is 8.80. The van der Waals surface area contributed by atoms with E-state index in [0.29, 0.717) is 34.5 Å². The first kappa shape index (κ1) is 21.4. The largest absolute Gasteiger partial charge is 0.494 e. The van der Waals surface area contributed by atoms with E-state index in [0.717, 1.165) is 20.3 Å². The van der Waals surface area contributed by atoms with Crippen LogP contribution in [0.1, 0.15) is 38.8 Å². The van der Waals surface area contributed by atoms with Crippen LogP contribution in [0, 0.1) is 0 Å². The SMILES string of the molecule is CCOc1ccc2nc(SCC(=O)Nc3ccc4c(c3)C(=O)c3ccccc3C4=O)sc2c1. The Hall–Kier alpha value is -3.49. The van der Waals surface area contributed by atoms with Gasteiger partial charge in [-0.3, -0.25) is 14.4 Å². The van der Waals surface area contributed by atoms with Gasteiger partial charge in [-0.15, -0.1) is 11.3 Å². The summed E-state index contributed by atoms with van der Waals surface area (Å²) in [6.45, 7) is 2.53. The van der Waals surface area contributed by atoms with Gasteiger partial charge >= 0.3 is 0 Å². The van der Waals surface area contributed by atoms with Crippen LogP contribution >= 0.6 is 23.1 Å². The van der Waals surface area contributed by atoms with Crippen molar-refractivity contribution in [2.45, 2.75) is 11.3 Å². The first-order valence-corrected chi connectivity index (χ1v) is 12.1. The van der Waals surface area contributed by atoms with Crippen LogP contribution in [0.25, 0.3) is 10.2 Å². The number of hydrogen-bond donors (Lipinski definition) is 1. The molecule has 8 heteroatoms. The van der Waals surface area contributed by atoms with Crippen LogP contribution in [0.15, 0.2) is 65.0 Å². The molecular weight excluding hydrogens is 456 g/mol. The van der Waals surface area contributed by atoms with Gasteiger partial charge in [0.05, 0.1) is 22.6 Å². The average molecular weight is 475 g/mol. The number of ether oxygens (including phenoxy) is 1. The van der Waals surface area contributed by atoms with E-state index in [9.17, 15) is 14.4 Å². The summed E-state index contributed by atoms with van der Waals surface area (Å²) in [7, 11) is 0. The van der Waals surface area contributed by atoms with Crippen LogP contribution in [0.5, 0.6) is 5.75 Å². The molecular formula is C25H18N2O4S2. The van der Waals surface area contributed by atoms with Crippen LogP contribution < -0.4 is 10.1 Å². The number of aromatic nitrogens is 1. The Kier molecular flexibility index (Phi) is 5.70. The lowest BCUT2D eigenvalue weighted by Gasteiger charge is -2.18. The summed E-state index contributed by atoms with van der Waals surface area (Å²) in [6, 6.07) is 17.3. The van der Waals surface area contributed by atoms with E-state index >= 15 is 0 Å². The number of carbonyl (C=O) groups is 3. The van der Waals surface area contributed by atoms with Crippen molar-refractivity contribution in [2.24, 2.45) is 0 Å². The first-order chi connectivity index (χ1) is 16.0. The van der Waals surface area contributed by atoms with Crippen molar-refractivity contribution < 1.29 is 19.1 Å². The van der Waals surface area contributed by atoms with Gasteiger partial charge in [0, 0.05) is 27.9 Å². The van der Waals surface area contributed by atoms with Crippen molar-refractivity contribution in [1.82, 2.24) is 4.98 Å². The molecule has 4 aromatic rings. The molecule has 0 fully saturated rings. The lowest BCUT2D eigenvalue weighted by molar-refractivity contribution is -0.113. The smallest absolute Gasteiger partial charge is 0.234 e. The van der Waals surface area contributed by atoms with E-state index in [2.05, 4.69) is 10.3 Å². The highest BCUT2D eigenvalue weighted by atomic mass is 32.2. The summed E-state index contributed by atoms with van der Waals surface area (Å²) in [5.41, 5.74) is 2.80. The van der Waals surface area contributed by atoms with Crippen LogP contribution in [0.4, 0.5) is 5.69 Å². The molecule has 0 spiro atoms. The number of amides is 1. The van der Waals surface area contributed by atoms with Crippen LogP contribution in [0.3, 0.4) is 0 Å². The molecule has 1 amide bonds. The van der Waals surface area contributed by atoms with Crippen molar-refractivity contribution in [3.63, 3.8) is 0 Å². The highest BCUT2D eigenvalue weighted by Crippen LogP contribution is 2.32. The molecule has 5 rings (SSSR count). The number of thioether (sulfide) groups is 1. The van der Waals surface area contributed by atoms with Crippen molar-refractivity contribution >= 4 is 56.5 Å². The second-order valence-electron chi connectivity index (χ2n) is 7.34. The zero-order valence-corrected chi connectivity index (χ0v) is 19.2. The number of hydrogen-bond acceptors (Lipinski definition) is 7. The summed E-state index contributed by atoms with van der Waals surface area (Å²) in [6.07, 6.45) is 0. The molecule has 6 nitrogen and oxygen atoms in total. The Labute approximate surface area is 198 Å². The molecule has 33 heavy (non-hydrogen) atoms. The second-order valence-corrected chi connectivity index (χ2v) is 9.60. The fraction of sp³-hybridized carbons (Fsp3) is 0.120. The van der Waals surface area contributed by atoms with Gasteiger partial charge in [-0.25, -0.2) is 4.98 Å². The predicted octanol–water partition coefficient (Wildman–Crippen LogP) is 5.20. The molecule has 1 N–H and O–H groups in total. The molecule has 0 bridgehead atoms. The zero-order valence-electron chi connectivity index (χ0n) is 17.6. The minimum atomic E-state index is -0.218. The van der Waals surface area contributed by atoms with Gasteiger partial charge in [-0.2, -0.15) is 0 Å². The molecule has 164 valence electrons. The number of rotatable bonds is 6. The number of fused-ring (bicyclic) bond motifs is 3. The minimum absolute atomic E-state index is 0.172. The van der Waals surface area contributed by atoms with Crippen molar-refractivity contribution in [2.75, 3.05) is 17.7 Å². The van der Waals surface area contributed by atoms with Gasteiger partial charge in [0.15, 0.2) is 15.9 Å². The number of nitrogens with zero attached hydrogens (tertiary/aromatic N) is 1. The van der Waals surface area contributed by atoms with Crippen molar-refractivity contribution in [1.29, 1.82) is 0 Å². The standard InChI is InChI=1S/C25H18N2O4S2/c1-2-31-15-8-10-20-21(12-15)33-25(27-20)32-13-22(28)26-14-7-9-18-19(11-14)24(30)17-6-4-3-5-16(17)23(18)29/h3-12H,2,13H2,1H3,(H,26,28). The number of thiazole rings is 1. The maximum atomic E-state index is 12.9. The fourth-order valence-electron chi connectivity index (χ4n) is 3.70. The topological polar surface area (TPSA) is 85.4 Å². The summed E-state index contributed by atoms with van der Waals surface area (Å²) in [5, 5.41) is 2.81. The van der Waals surface area contributed by atoms with Crippen LogP contribution in [0.2, 0.25) is 0 Å². The number of nitrogens with one attached hydrogen (secondary N) is 1. The zero-order chi connectivity index (χ0) is 22.9. The van der Waals surface area contributed by atoms with E-state index in [-0.39, 0.29) is 23.2 Å². The van der Waals surface area contributed by atoms with Gasteiger partial charge in [0.1, 0.15) is 5.75 Å². The molecule has 0 unspecified atom stereocenters. The predicted molar refractivity (Wildman–Crippen MR) is 130 cm³/mol. The summed E-state index contributed by atoms with van der Waals surface area (Å²) in [4.78, 5) is 42.7. The molecule has 1 aliphatic rings. The number of benzene rings is 3. The fourth-order valence-corrected chi connectivity index (χ4v) is 5.60. The molecule has 1 aliphatic carbocycles. The average Bonchev–Trinajstić information content (AvgIpc) is 3.24. The Morgan fingerprint density at radius 1 is 0.970 bits per heavy atom. The highest BCUT2D eigenvalue weighted by Gasteiger charge is 2.29. The molecule has 1 heterocycles. The molecule has 1 aromatic heterocycles. The maximum absolute atomic E-state index is 12.9. The molecule has 0 saturated heterocycles. The number of carbonyl (C=O) groups excluding carboxylic acids is 3. The summed E-state index contributed by atoms with van der Waals surface area (Å²) in [5.74, 6) is 0.351. The Bertz CT molecular complexity index is 1430. The third-order valence-electron chi connectivity index (χ3n) is 5.19. The lowest BCUT2D eigenvalue weighted by Crippen LogP contribution is -2.21. The number of anilines is 1. The quantitative estimate of drug-likeness (QED) is 0.341. The molecule has 0 aliphatic heterocycles. The Morgan fingerprint density at radius 3 is 2.45 bits per heavy atom. The van der Waals surface area contributed by atoms with Gasteiger partial charge in [-0.1, -0.05) is 36.0 Å². The summed E-state index contributed by atoms with van der Waals surface area (Å²) < 4.78 is 7.31. The van der Waals surface area contributed by atoms with E-state index in [1.807, 2.05) is 25.1 Å². The monoisotopic (exact) mass is 474 g/mol. The highest BCUT2D eigenvalue weighted by molar-refractivity contribution is 8.01. The third-order valence-corrected chi connectivity index (χ3v) is 7.35. The van der Waals surface area contributed by atoms with Gasteiger partial charge in [-0.05, 0) is 43.3 Å². The van der Waals surface area contributed by atoms with Crippen LogP contribution in [-0.4, -0.2) is 34.8 Å². The van der Waals surface area contributed by atoms with E-state index in [1.54, 1.807) is 42.5 Å². The van der Waals surface area contributed by atoms with Crippen LogP contribution in [-0.2, 0) is 4.79 Å². The molecule has 0 saturated carbocycles. The number of ketones is 2.